The molecule has 9 aromatic heterocycles. The summed E-state index contributed by atoms with van der Waals surface area (Å²) in [5.74, 6) is -0.828. The van der Waals surface area contributed by atoms with Crippen LogP contribution in [0.1, 0.15) is 125 Å². The number of Topliss-reactive ketones (excluding diaryl/α,β-unsaturated/α-hetero) is 3. The van der Waals surface area contributed by atoms with Crippen molar-refractivity contribution in [1.82, 2.24) is 74.3 Å². The van der Waals surface area contributed by atoms with Crippen LogP contribution in [0, 0.1) is 16.2 Å². The van der Waals surface area contributed by atoms with Crippen molar-refractivity contribution in [2.45, 2.75) is 81.9 Å². The Morgan fingerprint density at radius 3 is 1.49 bits per heavy atom. The normalized spacial score (nSPS) is 11.7. The monoisotopic (exact) mass is 1110 g/mol. The number of fused-ring (bicyclic) bond motifs is 3. The van der Waals surface area contributed by atoms with Gasteiger partial charge >= 0.3 is 0 Å². The van der Waals surface area contributed by atoms with Crippen molar-refractivity contribution in [3.63, 3.8) is 0 Å². The van der Waals surface area contributed by atoms with Gasteiger partial charge in [-0.05, 0) is 36.4 Å². The van der Waals surface area contributed by atoms with E-state index in [0.29, 0.717) is 85.0 Å². The van der Waals surface area contributed by atoms with E-state index in [4.69, 9.17) is 14.2 Å². The summed E-state index contributed by atoms with van der Waals surface area (Å²) in [6.07, 6.45) is 11.1. The molecule has 27 nitrogen and oxygen atoms in total. The molecule has 0 aliphatic rings. The number of hydrogen-bond acceptors (Lipinski definition) is 18. The Bertz CT molecular complexity index is 3330. The number of pyridine rings is 3. The maximum atomic E-state index is 12.4. The van der Waals surface area contributed by atoms with Crippen LogP contribution >= 0.6 is 0 Å². The number of aromatic amines is 2. The molecule has 0 spiro atoms. The number of rotatable bonds is 18. The van der Waals surface area contributed by atoms with Gasteiger partial charge in [-0.15, -0.1) is 15.3 Å². The van der Waals surface area contributed by atoms with Gasteiger partial charge in [0.15, 0.2) is 34.4 Å². The smallest absolute Gasteiger partial charge is 0.278 e. The number of carbonyl (C=O) groups excluding carboxylic acids is 6. The third-order valence-corrected chi connectivity index (χ3v) is 11.8. The topological polar surface area (TPSA) is 333 Å². The molecule has 5 N–H and O–H groups in total. The van der Waals surface area contributed by atoms with E-state index >= 15 is 0 Å². The maximum Gasteiger partial charge on any atom is 0.278 e. The lowest BCUT2D eigenvalue weighted by Gasteiger charge is -2.14. The molecular weight excluding hydrogens is 1040 g/mol. The molecule has 0 radical (unpaired) electrons. The first-order valence-corrected chi connectivity index (χ1v) is 25.6. The van der Waals surface area contributed by atoms with Gasteiger partial charge in [-0.25, -0.2) is 29.0 Å². The van der Waals surface area contributed by atoms with E-state index in [1.165, 1.54) is 15.6 Å². The van der Waals surface area contributed by atoms with Gasteiger partial charge in [-0.3, -0.25) is 28.8 Å². The van der Waals surface area contributed by atoms with E-state index in [1.54, 1.807) is 104 Å². The highest BCUT2D eigenvalue weighted by Crippen LogP contribution is 2.27. The van der Waals surface area contributed by atoms with E-state index in [0.717, 1.165) is 16.3 Å². The molecule has 0 aromatic carbocycles. The molecule has 426 valence electrons. The highest BCUT2D eigenvalue weighted by atomic mass is 16.5. The first-order chi connectivity index (χ1) is 38.3. The van der Waals surface area contributed by atoms with Gasteiger partial charge in [-0.2, -0.15) is 0 Å². The van der Waals surface area contributed by atoms with E-state index in [9.17, 15) is 28.8 Å². The van der Waals surface area contributed by atoms with Crippen molar-refractivity contribution in [3.8, 4) is 0 Å². The average Bonchev–Trinajstić information content (AvgIpc) is 4.46. The van der Waals surface area contributed by atoms with Crippen LogP contribution in [0.3, 0.4) is 0 Å². The van der Waals surface area contributed by atoms with E-state index < -0.39 is 22.2 Å². The summed E-state index contributed by atoms with van der Waals surface area (Å²) >= 11 is 0. The summed E-state index contributed by atoms with van der Waals surface area (Å²) < 4.78 is 21.2. The summed E-state index contributed by atoms with van der Waals surface area (Å²) in [5.41, 5.74) is 3.53. The number of ether oxygens (including phenoxy) is 3. The number of H-pyrrole nitrogens is 2. The van der Waals surface area contributed by atoms with Gasteiger partial charge < -0.3 is 44.5 Å². The Kier molecular flexibility index (Phi) is 18.6. The standard InChI is InChI=1S/3C18H22N6O3/c1-18(2,3)16(25)12-7-11-8-15(19-9-13(11)20-12)21-17(26)14-10-24(23-22-14)5-6-27-4;1-18(2,3)15(25)13-8-11-7-12(9-19-16(11)21-13)20-17(26)14-10-24(23-22-14)5-6-27-4;1-18(2,3)16(25)13-10-23-9-12(5-6-15(23)20-13)19-17(26)14-11-24(22-21-14)7-8-27-4/h7-10,20H,5-6H2,1-4H3,(H,19,21,26);7-10H,5-6H2,1-4H3,(H,19,21)(H,20,26);5-6,9-11H,7-8H2,1-4H3,(H,19,26). The first kappa shape index (κ1) is 59.5. The van der Waals surface area contributed by atoms with Crippen molar-refractivity contribution >= 4 is 79.8 Å². The number of imidazole rings is 1. The molecule has 9 aromatic rings. The highest BCUT2D eigenvalue weighted by molar-refractivity contribution is 6.06. The van der Waals surface area contributed by atoms with Crippen molar-refractivity contribution in [3.05, 3.63) is 114 Å². The fourth-order valence-electron chi connectivity index (χ4n) is 7.46. The van der Waals surface area contributed by atoms with Gasteiger partial charge in [-0.1, -0.05) is 78.0 Å². The quantitative estimate of drug-likeness (QED) is 0.0564. The summed E-state index contributed by atoms with van der Waals surface area (Å²) in [6.45, 7) is 19.7. The molecule has 0 bridgehead atoms. The largest absolute Gasteiger partial charge is 0.383 e. The Labute approximate surface area is 464 Å². The van der Waals surface area contributed by atoms with Crippen LogP contribution in [0.5, 0.6) is 0 Å². The van der Waals surface area contributed by atoms with Crippen LogP contribution in [-0.2, 0) is 33.8 Å². The predicted molar refractivity (Wildman–Crippen MR) is 298 cm³/mol. The maximum absolute atomic E-state index is 12.4. The molecule has 0 unspecified atom stereocenters. The second-order valence-electron chi connectivity index (χ2n) is 21.7. The average molecular weight is 1110 g/mol. The number of nitrogens with one attached hydrogen (secondary N) is 5. The molecule has 9 heterocycles. The van der Waals surface area contributed by atoms with Crippen LogP contribution in [0.25, 0.3) is 27.6 Å². The predicted octanol–water partition coefficient (Wildman–Crippen LogP) is 6.62. The van der Waals surface area contributed by atoms with E-state index in [2.05, 4.69) is 71.8 Å². The lowest BCUT2D eigenvalue weighted by atomic mass is 9.89. The second-order valence-corrected chi connectivity index (χ2v) is 21.7. The van der Waals surface area contributed by atoms with Crippen molar-refractivity contribution in [1.29, 1.82) is 0 Å². The van der Waals surface area contributed by atoms with Gasteiger partial charge in [0.1, 0.15) is 22.8 Å². The van der Waals surface area contributed by atoms with Crippen molar-refractivity contribution in [2.75, 3.05) is 57.1 Å². The minimum absolute atomic E-state index is 0.00115. The molecule has 0 saturated heterocycles. The number of hydrogen-bond donors (Lipinski definition) is 5. The van der Waals surface area contributed by atoms with Gasteiger partial charge in [0.2, 0.25) is 0 Å². The number of anilines is 3. The van der Waals surface area contributed by atoms with Crippen molar-refractivity contribution < 1.29 is 43.0 Å². The summed E-state index contributed by atoms with van der Waals surface area (Å²) in [6, 6.07) is 10.4. The van der Waals surface area contributed by atoms with Crippen LogP contribution < -0.4 is 16.0 Å². The van der Waals surface area contributed by atoms with Crippen molar-refractivity contribution in [2.24, 2.45) is 16.2 Å². The molecular formula is C54H66N18O9. The molecule has 0 fully saturated rings. The zero-order valence-electron chi connectivity index (χ0n) is 47.2. The molecule has 0 saturated carbocycles. The minimum atomic E-state index is -0.510. The number of aromatic nitrogens is 15. The summed E-state index contributed by atoms with van der Waals surface area (Å²) in [4.78, 5) is 93.2. The molecule has 27 heteroatoms. The summed E-state index contributed by atoms with van der Waals surface area (Å²) in [5, 5.41) is 32.9. The van der Waals surface area contributed by atoms with E-state index in [1.807, 2.05) is 62.3 Å². The zero-order chi connectivity index (χ0) is 58.8. The molecule has 0 aliphatic heterocycles. The molecule has 0 aliphatic carbocycles. The molecule has 0 atom stereocenters. The minimum Gasteiger partial charge on any atom is -0.383 e. The summed E-state index contributed by atoms with van der Waals surface area (Å²) in [7, 11) is 4.78. The Morgan fingerprint density at radius 1 is 0.506 bits per heavy atom. The molecule has 9 rings (SSSR count). The van der Waals surface area contributed by atoms with Crippen LogP contribution in [0.4, 0.5) is 17.2 Å². The van der Waals surface area contributed by atoms with Crippen LogP contribution in [0.2, 0.25) is 0 Å². The van der Waals surface area contributed by atoms with Crippen LogP contribution in [0.15, 0.2) is 79.8 Å². The molecule has 81 heavy (non-hydrogen) atoms. The highest BCUT2D eigenvalue weighted by Gasteiger charge is 2.27. The van der Waals surface area contributed by atoms with Crippen LogP contribution in [-0.4, -0.2) is 151 Å². The lowest BCUT2D eigenvalue weighted by molar-refractivity contribution is 0.0848. The fourth-order valence-corrected chi connectivity index (χ4v) is 7.46. The van der Waals surface area contributed by atoms with Gasteiger partial charge in [0.05, 0.1) is 98.7 Å². The number of ketones is 3. The Hall–Kier alpha value is -9.21. The zero-order valence-corrected chi connectivity index (χ0v) is 47.2. The third kappa shape index (κ3) is 15.5. The third-order valence-electron chi connectivity index (χ3n) is 11.8. The van der Waals surface area contributed by atoms with E-state index in [-0.39, 0.29) is 46.2 Å². The number of methoxy groups -OCH3 is 3. The van der Waals surface area contributed by atoms with Gasteiger partial charge in [0, 0.05) is 60.7 Å². The Morgan fingerprint density at radius 2 is 0.988 bits per heavy atom. The molecule has 3 amide bonds. The second kappa shape index (κ2) is 25.3. The number of amides is 3. The lowest BCUT2D eigenvalue weighted by Crippen LogP contribution is -2.20. The number of carbonyl (C=O) groups is 6. The van der Waals surface area contributed by atoms with Gasteiger partial charge in [0.25, 0.3) is 17.7 Å². The SMILES string of the molecule is COCCn1cc(C(=O)Nc2cc3cc(C(=O)C(C)(C)C)[nH]c3cn2)nn1.COCCn1cc(C(=O)Nc2ccc3nc(C(=O)C(C)(C)C)cn3c2)nn1.COCCn1cc(C(=O)Nc2cnc3[nH]c(C(=O)C(C)(C)C)cc3c2)nn1. The number of nitrogens with zero attached hydrogens (tertiary/aromatic N) is 13. The first-order valence-electron chi connectivity index (χ1n) is 25.6. The Balaban J connectivity index is 0.000000175. The fraction of sp³-hybridized carbons (Fsp3) is 0.389.